The van der Waals surface area contributed by atoms with Crippen molar-refractivity contribution in [2.75, 3.05) is 20.2 Å². The highest BCUT2D eigenvalue weighted by molar-refractivity contribution is 5.94. The van der Waals surface area contributed by atoms with Crippen molar-refractivity contribution in [3.63, 3.8) is 0 Å². The van der Waals surface area contributed by atoms with Crippen LogP contribution in [0.2, 0.25) is 0 Å². The third-order valence-corrected chi connectivity index (χ3v) is 2.37. The first-order valence-electron chi connectivity index (χ1n) is 5.96. The van der Waals surface area contributed by atoms with E-state index in [0.717, 1.165) is 0 Å². The van der Waals surface area contributed by atoms with E-state index in [4.69, 9.17) is 9.84 Å². The van der Waals surface area contributed by atoms with E-state index in [1.807, 2.05) is 0 Å². The maximum atomic E-state index is 11.8. The van der Waals surface area contributed by atoms with Crippen molar-refractivity contribution in [3.05, 3.63) is 29.8 Å². The van der Waals surface area contributed by atoms with E-state index in [-0.39, 0.29) is 24.8 Å². The van der Waals surface area contributed by atoms with E-state index in [0.29, 0.717) is 11.3 Å². The summed E-state index contributed by atoms with van der Waals surface area (Å²) in [5, 5.41) is 13.5. The minimum atomic E-state index is -1.09. The van der Waals surface area contributed by atoms with Gasteiger partial charge in [-0.2, -0.15) is 0 Å². The number of carbonyl (C=O) groups is 3. The van der Waals surface area contributed by atoms with Gasteiger partial charge < -0.3 is 20.5 Å². The Bertz CT molecular complexity index is 501. The summed E-state index contributed by atoms with van der Waals surface area (Å²) in [4.78, 5) is 33.2. The summed E-state index contributed by atoms with van der Waals surface area (Å²) in [7, 11) is 1.52. The van der Waals surface area contributed by atoms with Crippen LogP contribution in [0.3, 0.4) is 0 Å². The predicted molar refractivity (Wildman–Crippen MR) is 70.6 cm³/mol. The molecule has 0 aromatic heterocycles. The number of aliphatic carboxylic acids is 1. The van der Waals surface area contributed by atoms with Crippen LogP contribution >= 0.6 is 0 Å². The molecule has 108 valence electrons. The Balaban J connectivity index is 2.53. The Hall–Kier alpha value is -2.57. The molecule has 0 radical (unpaired) electrons. The fraction of sp³-hybridized carbons (Fsp3) is 0.308. The number of carbonyl (C=O) groups excluding carboxylic acids is 2. The Kier molecular flexibility index (Phi) is 6.02. The number of amides is 2. The lowest BCUT2D eigenvalue weighted by Crippen LogP contribution is -2.29. The average molecular weight is 280 g/mol. The third kappa shape index (κ3) is 5.38. The maximum absolute atomic E-state index is 11.8. The van der Waals surface area contributed by atoms with E-state index in [1.165, 1.54) is 13.1 Å². The van der Waals surface area contributed by atoms with Gasteiger partial charge in [-0.1, -0.05) is 6.07 Å². The lowest BCUT2D eigenvalue weighted by atomic mass is 10.2. The van der Waals surface area contributed by atoms with E-state index < -0.39 is 12.6 Å². The molecule has 0 fully saturated rings. The molecule has 7 heteroatoms. The summed E-state index contributed by atoms with van der Waals surface area (Å²) in [5.41, 5.74) is 0.338. The Labute approximate surface area is 115 Å². The number of hydrogen-bond acceptors (Lipinski definition) is 4. The molecule has 0 spiro atoms. The largest absolute Gasteiger partial charge is 0.482 e. The van der Waals surface area contributed by atoms with Gasteiger partial charge in [0.25, 0.3) is 5.91 Å². The standard InChI is InChI=1S/C13H16N2O5/c1-14-11(16)5-6-15-13(19)9-3-2-4-10(7-9)20-8-12(17)18/h2-4,7H,5-6,8H2,1H3,(H,14,16)(H,15,19)(H,17,18). The average Bonchev–Trinajstić information content (AvgIpc) is 2.45. The van der Waals surface area contributed by atoms with Gasteiger partial charge in [0.05, 0.1) is 0 Å². The van der Waals surface area contributed by atoms with Gasteiger partial charge in [0.2, 0.25) is 5.91 Å². The van der Waals surface area contributed by atoms with Crippen molar-refractivity contribution in [2.24, 2.45) is 0 Å². The van der Waals surface area contributed by atoms with Crippen LogP contribution in [0.5, 0.6) is 5.75 Å². The topological polar surface area (TPSA) is 105 Å². The zero-order valence-corrected chi connectivity index (χ0v) is 11.0. The van der Waals surface area contributed by atoms with Gasteiger partial charge in [0.1, 0.15) is 5.75 Å². The van der Waals surface area contributed by atoms with Crippen molar-refractivity contribution in [1.29, 1.82) is 0 Å². The van der Waals surface area contributed by atoms with Crippen LogP contribution < -0.4 is 15.4 Å². The molecule has 1 aromatic carbocycles. The Morgan fingerprint density at radius 3 is 2.70 bits per heavy atom. The Morgan fingerprint density at radius 1 is 1.30 bits per heavy atom. The van der Waals surface area contributed by atoms with Gasteiger partial charge in [-0.05, 0) is 18.2 Å². The van der Waals surface area contributed by atoms with Gasteiger partial charge in [-0.3, -0.25) is 9.59 Å². The summed E-state index contributed by atoms with van der Waals surface area (Å²) in [5.74, 6) is -1.31. The lowest BCUT2D eigenvalue weighted by Gasteiger charge is -2.07. The first-order chi connectivity index (χ1) is 9.52. The molecule has 2 amide bonds. The zero-order valence-electron chi connectivity index (χ0n) is 11.0. The minimum Gasteiger partial charge on any atom is -0.482 e. The molecule has 1 rings (SSSR count). The molecule has 0 aliphatic carbocycles. The second kappa shape index (κ2) is 7.78. The highest BCUT2D eigenvalue weighted by atomic mass is 16.5. The molecule has 0 atom stereocenters. The van der Waals surface area contributed by atoms with E-state index in [9.17, 15) is 14.4 Å². The normalized spacial score (nSPS) is 9.65. The van der Waals surface area contributed by atoms with Crippen molar-refractivity contribution >= 4 is 17.8 Å². The van der Waals surface area contributed by atoms with Crippen molar-refractivity contribution in [3.8, 4) is 5.75 Å². The second-order valence-corrected chi connectivity index (χ2v) is 3.89. The minimum absolute atomic E-state index is 0.163. The molecule has 0 aliphatic heterocycles. The molecule has 1 aromatic rings. The van der Waals surface area contributed by atoms with Crippen LogP contribution in [0, 0.1) is 0 Å². The second-order valence-electron chi connectivity index (χ2n) is 3.89. The quantitative estimate of drug-likeness (QED) is 0.653. The van der Waals surface area contributed by atoms with Crippen molar-refractivity contribution < 1.29 is 24.2 Å². The van der Waals surface area contributed by atoms with E-state index in [1.54, 1.807) is 18.2 Å². The van der Waals surface area contributed by atoms with Gasteiger partial charge >= 0.3 is 5.97 Å². The fourth-order valence-corrected chi connectivity index (χ4v) is 1.39. The van der Waals surface area contributed by atoms with Crippen molar-refractivity contribution in [1.82, 2.24) is 10.6 Å². The molecule has 0 aliphatic rings. The van der Waals surface area contributed by atoms with Crippen molar-refractivity contribution in [2.45, 2.75) is 6.42 Å². The SMILES string of the molecule is CNC(=O)CCNC(=O)c1cccc(OCC(=O)O)c1. The third-order valence-electron chi connectivity index (χ3n) is 2.37. The molecular weight excluding hydrogens is 264 g/mol. The molecule has 3 N–H and O–H groups in total. The lowest BCUT2D eigenvalue weighted by molar-refractivity contribution is -0.139. The van der Waals surface area contributed by atoms with Crippen LogP contribution in [0.4, 0.5) is 0 Å². The van der Waals surface area contributed by atoms with Crippen LogP contribution in [0.25, 0.3) is 0 Å². The summed E-state index contributed by atoms with van der Waals surface area (Å²) < 4.78 is 4.97. The molecule has 0 bridgehead atoms. The number of nitrogens with one attached hydrogen (secondary N) is 2. The van der Waals surface area contributed by atoms with Crippen LogP contribution in [-0.2, 0) is 9.59 Å². The first kappa shape index (κ1) is 15.5. The number of ether oxygens (including phenoxy) is 1. The molecular formula is C13H16N2O5. The molecule has 7 nitrogen and oxygen atoms in total. The van der Waals surface area contributed by atoms with Gasteiger partial charge in [-0.25, -0.2) is 4.79 Å². The fourth-order valence-electron chi connectivity index (χ4n) is 1.39. The highest BCUT2D eigenvalue weighted by Gasteiger charge is 2.08. The van der Waals surface area contributed by atoms with Gasteiger partial charge in [0.15, 0.2) is 6.61 Å². The van der Waals surface area contributed by atoms with Crippen LogP contribution in [0.1, 0.15) is 16.8 Å². The molecule has 0 unspecified atom stereocenters. The number of rotatable bonds is 7. The van der Waals surface area contributed by atoms with E-state index >= 15 is 0 Å². The smallest absolute Gasteiger partial charge is 0.341 e. The summed E-state index contributed by atoms with van der Waals surface area (Å²) in [6, 6.07) is 6.16. The molecule has 20 heavy (non-hydrogen) atoms. The molecule has 0 saturated heterocycles. The van der Waals surface area contributed by atoms with Crippen LogP contribution in [0.15, 0.2) is 24.3 Å². The number of carboxylic acids is 1. The summed E-state index contributed by atoms with van der Waals surface area (Å²) >= 11 is 0. The number of benzene rings is 1. The number of carboxylic acid groups (broad SMARTS) is 1. The Morgan fingerprint density at radius 2 is 2.05 bits per heavy atom. The number of hydrogen-bond donors (Lipinski definition) is 3. The van der Waals surface area contributed by atoms with E-state index in [2.05, 4.69) is 10.6 Å². The van der Waals surface area contributed by atoms with Crippen LogP contribution in [-0.4, -0.2) is 43.1 Å². The first-order valence-corrected chi connectivity index (χ1v) is 5.96. The molecule has 0 heterocycles. The highest BCUT2D eigenvalue weighted by Crippen LogP contribution is 2.13. The van der Waals surface area contributed by atoms with Gasteiger partial charge in [-0.15, -0.1) is 0 Å². The van der Waals surface area contributed by atoms with Gasteiger partial charge in [0, 0.05) is 25.6 Å². The monoisotopic (exact) mass is 280 g/mol. The zero-order chi connectivity index (χ0) is 15.0. The summed E-state index contributed by atoms with van der Waals surface area (Å²) in [6.45, 7) is -0.250. The molecule has 0 saturated carbocycles. The summed E-state index contributed by atoms with van der Waals surface area (Å²) in [6.07, 6.45) is 0.192. The maximum Gasteiger partial charge on any atom is 0.341 e. The predicted octanol–water partition coefficient (Wildman–Crippen LogP) is 0.0159.